The minimum Gasteiger partial charge on any atom is -0.311 e. The van der Waals surface area contributed by atoms with Crippen LogP contribution in [-0.4, -0.2) is 19.5 Å². The lowest BCUT2D eigenvalue weighted by atomic mass is 10.1. The molecule has 1 rings (SSSR count). The maximum Gasteiger partial charge on any atom is 0.250 e. The van der Waals surface area contributed by atoms with E-state index in [0.29, 0.717) is 17.0 Å². The lowest BCUT2D eigenvalue weighted by Crippen LogP contribution is -2.23. The van der Waals surface area contributed by atoms with Gasteiger partial charge in [0.1, 0.15) is 5.82 Å². The van der Waals surface area contributed by atoms with Gasteiger partial charge in [-0.05, 0) is 25.1 Å². The maximum absolute atomic E-state index is 13.2. The van der Waals surface area contributed by atoms with E-state index in [2.05, 4.69) is 5.32 Å². The molecule has 1 aromatic rings. The van der Waals surface area contributed by atoms with Gasteiger partial charge in [0.2, 0.25) is 0 Å². The standard InChI is InChI=1S/C10H11ClF3N/c11-8-2-1-3-9(12)7(8)4-5-15-6-10(13)14/h1-3,10,15H,4-6H2. The van der Waals surface area contributed by atoms with E-state index in [4.69, 9.17) is 11.6 Å². The van der Waals surface area contributed by atoms with Gasteiger partial charge in [0.15, 0.2) is 0 Å². The zero-order valence-corrected chi connectivity index (χ0v) is 8.70. The first-order chi connectivity index (χ1) is 7.11. The van der Waals surface area contributed by atoms with Crippen molar-refractivity contribution >= 4 is 11.6 Å². The van der Waals surface area contributed by atoms with Gasteiger partial charge in [-0.3, -0.25) is 0 Å². The molecule has 0 fully saturated rings. The van der Waals surface area contributed by atoms with Crippen molar-refractivity contribution in [3.8, 4) is 0 Å². The Morgan fingerprint density at radius 1 is 1.33 bits per heavy atom. The fraction of sp³-hybridized carbons (Fsp3) is 0.400. The molecule has 0 amide bonds. The van der Waals surface area contributed by atoms with Crippen LogP contribution in [0.5, 0.6) is 0 Å². The first-order valence-corrected chi connectivity index (χ1v) is 4.91. The van der Waals surface area contributed by atoms with Crippen molar-refractivity contribution in [3.63, 3.8) is 0 Å². The summed E-state index contributed by atoms with van der Waals surface area (Å²) < 4.78 is 36.7. The van der Waals surface area contributed by atoms with Crippen LogP contribution in [0.3, 0.4) is 0 Å². The summed E-state index contributed by atoms with van der Waals surface area (Å²) in [6, 6.07) is 4.38. The van der Waals surface area contributed by atoms with Crippen LogP contribution in [0.15, 0.2) is 18.2 Å². The van der Waals surface area contributed by atoms with Gasteiger partial charge in [0, 0.05) is 10.6 Å². The molecule has 1 N–H and O–H groups in total. The fourth-order valence-corrected chi connectivity index (χ4v) is 1.45. The molecule has 0 atom stereocenters. The summed E-state index contributed by atoms with van der Waals surface area (Å²) in [5.74, 6) is -0.402. The van der Waals surface area contributed by atoms with Gasteiger partial charge in [-0.2, -0.15) is 0 Å². The second-order valence-electron chi connectivity index (χ2n) is 3.05. The third kappa shape index (κ3) is 4.10. The molecule has 0 aliphatic rings. The highest BCUT2D eigenvalue weighted by molar-refractivity contribution is 6.31. The molecule has 1 nitrogen and oxygen atoms in total. The van der Waals surface area contributed by atoms with Gasteiger partial charge in [0.25, 0.3) is 6.43 Å². The van der Waals surface area contributed by atoms with Crippen molar-refractivity contribution in [2.45, 2.75) is 12.8 Å². The molecule has 0 saturated heterocycles. The summed E-state index contributed by atoms with van der Waals surface area (Å²) >= 11 is 5.76. The van der Waals surface area contributed by atoms with Crippen molar-refractivity contribution < 1.29 is 13.2 Å². The highest BCUT2D eigenvalue weighted by Crippen LogP contribution is 2.18. The summed E-state index contributed by atoms with van der Waals surface area (Å²) in [4.78, 5) is 0. The zero-order chi connectivity index (χ0) is 11.3. The van der Waals surface area contributed by atoms with E-state index in [9.17, 15) is 13.2 Å². The van der Waals surface area contributed by atoms with E-state index >= 15 is 0 Å². The molecular formula is C10H11ClF3N. The molecule has 0 spiro atoms. The molecule has 84 valence electrons. The van der Waals surface area contributed by atoms with Gasteiger partial charge < -0.3 is 5.32 Å². The minimum atomic E-state index is -2.39. The highest BCUT2D eigenvalue weighted by atomic mass is 35.5. The first kappa shape index (κ1) is 12.3. The molecule has 15 heavy (non-hydrogen) atoms. The zero-order valence-electron chi connectivity index (χ0n) is 7.94. The number of alkyl halides is 2. The molecular weight excluding hydrogens is 227 g/mol. The molecule has 0 aliphatic heterocycles. The van der Waals surface area contributed by atoms with Crippen LogP contribution < -0.4 is 5.32 Å². The van der Waals surface area contributed by atoms with E-state index in [1.54, 1.807) is 6.07 Å². The van der Waals surface area contributed by atoms with Crippen LogP contribution in [0.2, 0.25) is 5.02 Å². The van der Waals surface area contributed by atoms with Crippen LogP contribution in [0, 0.1) is 5.82 Å². The molecule has 0 heterocycles. The Labute approximate surface area is 91.2 Å². The van der Waals surface area contributed by atoms with Crippen molar-refractivity contribution in [3.05, 3.63) is 34.6 Å². The van der Waals surface area contributed by atoms with Crippen LogP contribution in [0.25, 0.3) is 0 Å². The lowest BCUT2D eigenvalue weighted by Gasteiger charge is -2.06. The third-order valence-electron chi connectivity index (χ3n) is 1.91. The molecule has 0 aliphatic carbocycles. The normalized spacial score (nSPS) is 11.0. The summed E-state index contributed by atoms with van der Waals surface area (Å²) in [6.45, 7) is -0.100. The predicted molar refractivity (Wildman–Crippen MR) is 54.0 cm³/mol. The molecule has 5 heteroatoms. The average molecular weight is 238 g/mol. The maximum atomic E-state index is 13.2. The Morgan fingerprint density at radius 3 is 2.67 bits per heavy atom. The van der Waals surface area contributed by atoms with Gasteiger partial charge >= 0.3 is 0 Å². The third-order valence-corrected chi connectivity index (χ3v) is 2.27. The van der Waals surface area contributed by atoms with E-state index in [1.165, 1.54) is 12.1 Å². The molecule has 0 aromatic heterocycles. The van der Waals surface area contributed by atoms with Crippen molar-refractivity contribution in [1.29, 1.82) is 0 Å². The predicted octanol–water partition coefficient (Wildman–Crippen LogP) is 2.88. The van der Waals surface area contributed by atoms with Crippen LogP contribution in [0.4, 0.5) is 13.2 Å². The highest BCUT2D eigenvalue weighted by Gasteiger charge is 2.06. The van der Waals surface area contributed by atoms with Crippen molar-refractivity contribution in [1.82, 2.24) is 5.32 Å². The van der Waals surface area contributed by atoms with Gasteiger partial charge in [-0.1, -0.05) is 17.7 Å². The van der Waals surface area contributed by atoms with Gasteiger partial charge in [-0.25, -0.2) is 13.2 Å². The van der Waals surface area contributed by atoms with E-state index in [0.717, 1.165) is 0 Å². The van der Waals surface area contributed by atoms with Gasteiger partial charge in [0.05, 0.1) is 6.54 Å². The monoisotopic (exact) mass is 237 g/mol. The summed E-state index contributed by atoms with van der Waals surface area (Å²) in [5, 5.41) is 2.84. The molecule has 1 aromatic carbocycles. The lowest BCUT2D eigenvalue weighted by molar-refractivity contribution is 0.146. The number of halogens is 4. The number of nitrogens with one attached hydrogen (secondary N) is 1. The van der Waals surface area contributed by atoms with Crippen LogP contribution >= 0.6 is 11.6 Å². The summed E-state index contributed by atoms with van der Waals surface area (Å²) in [5.41, 5.74) is 0.362. The Kier molecular flexibility index (Phi) is 4.91. The molecule has 0 radical (unpaired) electrons. The average Bonchev–Trinajstić information content (AvgIpc) is 2.15. The quantitative estimate of drug-likeness (QED) is 0.777. The largest absolute Gasteiger partial charge is 0.311 e. The Balaban J connectivity index is 2.43. The first-order valence-electron chi connectivity index (χ1n) is 4.53. The van der Waals surface area contributed by atoms with Crippen molar-refractivity contribution in [2.75, 3.05) is 13.1 Å². The van der Waals surface area contributed by atoms with E-state index in [-0.39, 0.29) is 13.1 Å². The second kappa shape index (κ2) is 5.98. The number of rotatable bonds is 5. The van der Waals surface area contributed by atoms with Crippen LogP contribution in [0.1, 0.15) is 5.56 Å². The minimum absolute atomic E-state index is 0.283. The number of benzene rings is 1. The summed E-state index contributed by atoms with van der Waals surface area (Å²) in [7, 11) is 0. The van der Waals surface area contributed by atoms with E-state index in [1.807, 2.05) is 0 Å². The Bertz CT molecular complexity index is 297. The molecule has 0 unspecified atom stereocenters. The van der Waals surface area contributed by atoms with Crippen LogP contribution in [-0.2, 0) is 6.42 Å². The second-order valence-corrected chi connectivity index (χ2v) is 3.45. The fourth-order valence-electron chi connectivity index (χ4n) is 1.20. The molecule has 0 saturated carbocycles. The smallest absolute Gasteiger partial charge is 0.250 e. The molecule has 0 bridgehead atoms. The Morgan fingerprint density at radius 2 is 2.07 bits per heavy atom. The Hall–Kier alpha value is -0.740. The topological polar surface area (TPSA) is 12.0 Å². The van der Waals surface area contributed by atoms with Gasteiger partial charge in [-0.15, -0.1) is 0 Å². The number of hydrogen-bond donors (Lipinski definition) is 1. The van der Waals surface area contributed by atoms with E-state index < -0.39 is 12.2 Å². The summed E-state index contributed by atoms with van der Waals surface area (Å²) in [6.07, 6.45) is -2.08. The van der Waals surface area contributed by atoms with Crippen molar-refractivity contribution in [2.24, 2.45) is 0 Å². The SMILES string of the molecule is Fc1cccc(Cl)c1CCNCC(F)F. The number of hydrogen-bond acceptors (Lipinski definition) is 1.